The SMILES string of the molecule is CC.COc1ccc2ccccc2c1-c1c(OC(C)C)ccc2ccccc12. The molecule has 0 atom stereocenters. The van der Waals surface area contributed by atoms with Gasteiger partial charge < -0.3 is 9.47 Å². The minimum Gasteiger partial charge on any atom is -0.496 e. The molecule has 0 aromatic heterocycles. The molecule has 0 N–H and O–H groups in total. The Morgan fingerprint density at radius 1 is 0.607 bits per heavy atom. The summed E-state index contributed by atoms with van der Waals surface area (Å²) < 4.78 is 12.0. The van der Waals surface area contributed by atoms with Gasteiger partial charge in [-0.3, -0.25) is 0 Å². The maximum Gasteiger partial charge on any atom is 0.128 e. The molecule has 28 heavy (non-hydrogen) atoms. The average molecular weight is 373 g/mol. The summed E-state index contributed by atoms with van der Waals surface area (Å²) in [6, 6.07) is 25.2. The lowest BCUT2D eigenvalue weighted by Crippen LogP contribution is -2.07. The first kappa shape index (κ1) is 19.8. The Morgan fingerprint density at radius 2 is 1.07 bits per heavy atom. The lowest BCUT2D eigenvalue weighted by Gasteiger charge is -2.20. The first-order chi connectivity index (χ1) is 13.7. The van der Waals surface area contributed by atoms with E-state index >= 15 is 0 Å². The van der Waals surface area contributed by atoms with Gasteiger partial charge in [-0.05, 0) is 47.5 Å². The zero-order chi connectivity index (χ0) is 20.1. The van der Waals surface area contributed by atoms with Crippen LogP contribution in [0.5, 0.6) is 11.5 Å². The third kappa shape index (κ3) is 3.68. The van der Waals surface area contributed by atoms with Crippen molar-refractivity contribution in [2.24, 2.45) is 0 Å². The van der Waals surface area contributed by atoms with E-state index < -0.39 is 0 Å². The maximum absolute atomic E-state index is 6.20. The molecule has 0 aliphatic heterocycles. The lowest BCUT2D eigenvalue weighted by atomic mass is 9.92. The monoisotopic (exact) mass is 372 g/mol. The summed E-state index contributed by atoms with van der Waals surface area (Å²) in [7, 11) is 1.72. The molecule has 0 bridgehead atoms. The molecule has 0 heterocycles. The zero-order valence-corrected chi connectivity index (χ0v) is 17.3. The number of methoxy groups -OCH3 is 1. The molecular weight excluding hydrogens is 344 g/mol. The van der Waals surface area contributed by atoms with Gasteiger partial charge >= 0.3 is 0 Å². The van der Waals surface area contributed by atoms with Gasteiger partial charge in [-0.25, -0.2) is 0 Å². The van der Waals surface area contributed by atoms with Crippen LogP contribution in [0, 0.1) is 0 Å². The fourth-order valence-corrected chi connectivity index (χ4v) is 3.54. The number of fused-ring (bicyclic) bond motifs is 2. The molecule has 144 valence electrons. The molecule has 4 aromatic rings. The fourth-order valence-electron chi connectivity index (χ4n) is 3.54. The smallest absolute Gasteiger partial charge is 0.128 e. The van der Waals surface area contributed by atoms with Crippen molar-refractivity contribution in [2.45, 2.75) is 33.8 Å². The molecule has 0 radical (unpaired) electrons. The van der Waals surface area contributed by atoms with Gasteiger partial charge in [0.15, 0.2) is 0 Å². The minimum absolute atomic E-state index is 0.0934. The Bertz CT molecular complexity index is 1080. The van der Waals surface area contributed by atoms with E-state index in [-0.39, 0.29) is 6.10 Å². The van der Waals surface area contributed by atoms with Crippen molar-refractivity contribution in [3.8, 4) is 22.6 Å². The second-order valence-corrected chi connectivity index (χ2v) is 6.69. The van der Waals surface area contributed by atoms with Crippen molar-refractivity contribution < 1.29 is 9.47 Å². The topological polar surface area (TPSA) is 18.5 Å². The second kappa shape index (κ2) is 8.79. The van der Waals surface area contributed by atoms with Gasteiger partial charge in [-0.15, -0.1) is 0 Å². The number of hydrogen-bond donors (Lipinski definition) is 0. The molecule has 0 aliphatic rings. The summed E-state index contributed by atoms with van der Waals surface area (Å²) in [5.74, 6) is 1.74. The lowest BCUT2D eigenvalue weighted by molar-refractivity contribution is 0.243. The first-order valence-electron chi connectivity index (χ1n) is 9.93. The summed E-state index contributed by atoms with van der Waals surface area (Å²) in [4.78, 5) is 0. The molecule has 0 unspecified atom stereocenters. The molecule has 0 fully saturated rings. The van der Waals surface area contributed by atoms with Crippen LogP contribution in [0.15, 0.2) is 72.8 Å². The molecule has 0 aliphatic carbocycles. The second-order valence-electron chi connectivity index (χ2n) is 6.69. The van der Waals surface area contributed by atoms with Crippen molar-refractivity contribution >= 4 is 21.5 Å². The average Bonchev–Trinajstić information content (AvgIpc) is 2.74. The highest BCUT2D eigenvalue weighted by atomic mass is 16.5. The van der Waals surface area contributed by atoms with Crippen LogP contribution in [0.3, 0.4) is 0 Å². The molecule has 0 saturated heterocycles. The molecule has 0 amide bonds. The molecule has 0 saturated carbocycles. The Morgan fingerprint density at radius 3 is 1.57 bits per heavy atom. The predicted octanol–water partition coefficient (Wildman–Crippen LogP) is 7.48. The van der Waals surface area contributed by atoms with Gasteiger partial charge in [-0.2, -0.15) is 0 Å². The number of rotatable bonds is 4. The normalized spacial score (nSPS) is 10.6. The van der Waals surface area contributed by atoms with Crippen molar-refractivity contribution in [3.05, 3.63) is 72.8 Å². The molecule has 4 aromatic carbocycles. The summed E-state index contributed by atoms with van der Waals surface area (Å²) in [5.41, 5.74) is 2.17. The zero-order valence-electron chi connectivity index (χ0n) is 17.3. The third-order valence-electron chi connectivity index (χ3n) is 4.61. The van der Waals surface area contributed by atoms with Gasteiger partial charge in [0.05, 0.1) is 13.2 Å². The third-order valence-corrected chi connectivity index (χ3v) is 4.61. The molecule has 0 spiro atoms. The van der Waals surface area contributed by atoms with Gasteiger partial charge in [-0.1, -0.05) is 74.5 Å². The molecule has 4 rings (SSSR count). The van der Waals surface area contributed by atoms with E-state index in [1.54, 1.807) is 7.11 Å². The van der Waals surface area contributed by atoms with E-state index in [0.717, 1.165) is 28.0 Å². The molecular formula is C26H28O2. The van der Waals surface area contributed by atoms with Gasteiger partial charge in [0.2, 0.25) is 0 Å². The summed E-state index contributed by atoms with van der Waals surface area (Å²) in [6.07, 6.45) is 0.0934. The summed E-state index contributed by atoms with van der Waals surface area (Å²) in [5, 5.41) is 4.71. The Labute approximate surface area is 167 Å². The van der Waals surface area contributed by atoms with Crippen LogP contribution in [-0.4, -0.2) is 13.2 Å². The quantitative estimate of drug-likeness (QED) is 0.369. The Hall–Kier alpha value is -3.00. The fraction of sp³-hybridized carbons (Fsp3) is 0.231. The molecule has 2 nitrogen and oxygen atoms in total. The number of ether oxygens (including phenoxy) is 2. The van der Waals surface area contributed by atoms with E-state index in [9.17, 15) is 0 Å². The standard InChI is InChI=1S/C24H22O2.C2H6/c1-16(2)26-22-15-13-18-9-5-7-11-20(18)24(22)23-19-10-6-4-8-17(19)12-14-21(23)25-3;1-2/h4-16H,1-3H3;1-2H3. The number of benzene rings is 4. The van der Waals surface area contributed by atoms with Crippen LogP contribution in [0.4, 0.5) is 0 Å². The van der Waals surface area contributed by atoms with Crippen molar-refractivity contribution in [1.29, 1.82) is 0 Å². The summed E-state index contributed by atoms with van der Waals surface area (Å²) in [6.45, 7) is 8.11. The minimum atomic E-state index is 0.0934. The van der Waals surface area contributed by atoms with Crippen LogP contribution < -0.4 is 9.47 Å². The van der Waals surface area contributed by atoms with Crippen LogP contribution >= 0.6 is 0 Å². The number of hydrogen-bond acceptors (Lipinski definition) is 2. The van der Waals surface area contributed by atoms with Gasteiger partial charge in [0.1, 0.15) is 11.5 Å². The largest absolute Gasteiger partial charge is 0.496 e. The van der Waals surface area contributed by atoms with Gasteiger partial charge in [0.25, 0.3) is 0 Å². The van der Waals surface area contributed by atoms with Crippen molar-refractivity contribution in [3.63, 3.8) is 0 Å². The van der Waals surface area contributed by atoms with Crippen molar-refractivity contribution in [1.82, 2.24) is 0 Å². The maximum atomic E-state index is 6.20. The highest BCUT2D eigenvalue weighted by Gasteiger charge is 2.18. The van der Waals surface area contributed by atoms with Crippen LogP contribution in [0.25, 0.3) is 32.7 Å². The Kier molecular flexibility index (Phi) is 6.20. The summed E-state index contributed by atoms with van der Waals surface area (Å²) >= 11 is 0. The van der Waals surface area contributed by atoms with Crippen molar-refractivity contribution in [2.75, 3.05) is 7.11 Å². The van der Waals surface area contributed by atoms with E-state index in [1.807, 2.05) is 19.9 Å². The van der Waals surface area contributed by atoms with Crippen LogP contribution in [0.1, 0.15) is 27.7 Å². The highest BCUT2D eigenvalue weighted by molar-refractivity contribution is 6.09. The first-order valence-corrected chi connectivity index (χ1v) is 9.93. The highest BCUT2D eigenvalue weighted by Crippen LogP contribution is 2.45. The van der Waals surface area contributed by atoms with E-state index in [0.29, 0.717) is 0 Å². The molecule has 2 heteroatoms. The van der Waals surface area contributed by atoms with Gasteiger partial charge in [0, 0.05) is 11.1 Å². The van der Waals surface area contributed by atoms with Crippen LogP contribution in [0.2, 0.25) is 0 Å². The van der Waals surface area contributed by atoms with E-state index in [4.69, 9.17) is 9.47 Å². The Balaban J connectivity index is 0.00000109. The van der Waals surface area contributed by atoms with E-state index in [2.05, 4.69) is 80.6 Å². The predicted molar refractivity (Wildman–Crippen MR) is 121 cm³/mol. The van der Waals surface area contributed by atoms with Crippen LogP contribution in [-0.2, 0) is 0 Å². The van der Waals surface area contributed by atoms with E-state index in [1.165, 1.54) is 16.2 Å².